The third-order valence-corrected chi connectivity index (χ3v) is 3.42. The molecule has 12 heavy (non-hydrogen) atoms. The zero-order valence-electron chi connectivity index (χ0n) is 6.95. The van der Waals surface area contributed by atoms with Gasteiger partial charge in [0.05, 0.1) is 4.91 Å². The second-order valence-corrected chi connectivity index (χ2v) is 4.47. The maximum absolute atomic E-state index is 10.9. The maximum atomic E-state index is 10.9. The van der Waals surface area contributed by atoms with Crippen molar-refractivity contribution >= 4 is 9.84 Å². The highest BCUT2D eigenvalue weighted by molar-refractivity contribution is 7.98. The number of hydrogen-bond acceptors (Lipinski definition) is 3. The Morgan fingerprint density at radius 3 is 2.25 bits per heavy atom. The summed E-state index contributed by atoms with van der Waals surface area (Å²) in [5.41, 5.74) is 1.02. The van der Waals surface area contributed by atoms with E-state index in [0.717, 1.165) is 18.4 Å². The van der Waals surface area contributed by atoms with Crippen LogP contribution in [0.25, 0.3) is 0 Å². The Labute approximate surface area is 72.3 Å². The summed E-state index contributed by atoms with van der Waals surface area (Å²) >= 11 is 0. The van der Waals surface area contributed by atoms with E-state index >= 15 is 0 Å². The smallest absolute Gasteiger partial charge is 0.196 e. The molecule has 0 spiro atoms. The molecule has 0 aromatic carbocycles. The van der Waals surface area contributed by atoms with Crippen LogP contribution >= 0.6 is 0 Å². The zero-order valence-corrected chi connectivity index (χ0v) is 7.76. The lowest BCUT2D eigenvalue weighted by atomic mass is 9.99. The number of aliphatic hydroxyl groups is 1. The lowest BCUT2D eigenvalue weighted by molar-refractivity contribution is 0.318. The fourth-order valence-corrected chi connectivity index (χ4v) is 2.56. The molecule has 0 amide bonds. The van der Waals surface area contributed by atoms with Crippen molar-refractivity contribution in [3.05, 3.63) is 22.0 Å². The molecule has 0 fully saturated rings. The predicted molar refractivity (Wildman–Crippen MR) is 47.1 cm³/mol. The first kappa shape index (κ1) is 9.48. The minimum absolute atomic E-state index is 0.250. The Balaban J connectivity index is 0.000000213. The molecule has 1 N–H and O–H groups in total. The molecule has 2 aliphatic rings. The van der Waals surface area contributed by atoms with Gasteiger partial charge in [0.25, 0.3) is 0 Å². The average Bonchev–Trinajstić information content (AvgIpc) is 2.02. The highest BCUT2D eigenvalue weighted by Gasteiger charge is 2.29. The van der Waals surface area contributed by atoms with Gasteiger partial charge in [-0.25, -0.2) is 8.42 Å². The van der Waals surface area contributed by atoms with Crippen LogP contribution in [0.5, 0.6) is 0 Å². The molecule has 0 saturated heterocycles. The first-order valence-corrected chi connectivity index (χ1v) is 5.42. The van der Waals surface area contributed by atoms with Crippen molar-refractivity contribution in [3.8, 4) is 0 Å². The van der Waals surface area contributed by atoms with Gasteiger partial charge in [-0.05, 0) is 31.4 Å². The number of hydrogen-bond donors (Lipinski definition) is 1. The van der Waals surface area contributed by atoms with Crippen LogP contribution in [-0.2, 0) is 9.84 Å². The molecule has 0 radical (unpaired) electrons. The molecule has 4 heteroatoms. The van der Waals surface area contributed by atoms with Gasteiger partial charge in [0.15, 0.2) is 9.84 Å². The van der Waals surface area contributed by atoms with E-state index in [1.54, 1.807) is 13.0 Å². The summed E-state index contributed by atoms with van der Waals surface area (Å²) in [6.45, 7) is 1.93. The topological polar surface area (TPSA) is 54.4 Å². The van der Waals surface area contributed by atoms with Gasteiger partial charge in [0, 0.05) is 12.0 Å². The molecule has 1 aliphatic carbocycles. The Morgan fingerprint density at radius 1 is 1.50 bits per heavy atom. The normalized spacial score (nSPS) is 22.5. The van der Waals surface area contributed by atoms with Crippen LogP contribution in [0.1, 0.15) is 19.8 Å². The average molecular weight is 188 g/mol. The molecule has 68 valence electrons. The van der Waals surface area contributed by atoms with E-state index in [9.17, 15) is 8.42 Å². The summed E-state index contributed by atoms with van der Waals surface area (Å²) in [6.07, 6.45) is 3.41. The minimum atomic E-state index is -2.89. The van der Waals surface area contributed by atoms with Gasteiger partial charge < -0.3 is 5.11 Å². The van der Waals surface area contributed by atoms with Gasteiger partial charge in [-0.2, -0.15) is 0 Å². The quantitative estimate of drug-likeness (QED) is 0.616. The lowest BCUT2D eigenvalue weighted by Gasteiger charge is -2.13. The van der Waals surface area contributed by atoms with Crippen LogP contribution < -0.4 is 0 Å². The second-order valence-electron chi connectivity index (χ2n) is 2.61. The van der Waals surface area contributed by atoms with E-state index in [-0.39, 0.29) is 6.61 Å². The Kier molecular flexibility index (Phi) is 2.69. The molecule has 0 bridgehead atoms. The molecule has 0 aromatic heterocycles. The van der Waals surface area contributed by atoms with Crippen LogP contribution in [0.3, 0.4) is 0 Å². The molecule has 0 saturated carbocycles. The Morgan fingerprint density at radius 2 is 2.08 bits per heavy atom. The van der Waals surface area contributed by atoms with E-state index in [0.29, 0.717) is 4.91 Å². The minimum Gasteiger partial charge on any atom is -0.397 e. The van der Waals surface area contributed by atoms with Crippen molar-refractivity contribution < 1.29 is 13.5 Å². The summed E-state index contributed by atoms with van der Waals surface area (Å²) in [5.74, 6) is 0. The summed E-state index contributed by atoms with van der Waals surface area (Å²) in [7, 11) is -2.89. The van der Waals surface area contributed by atoms with Crippen LogP contribution in [0, 0.1) is 0 Å². The first-order valence-electron chi connectivity index (χ1n) is 3.88. The summed E-state index contributed by atoms with van der Waals surface area (Å²) in [6, 6.07) is 0. The molecule has 0 atom stereocenters. The van der Waals surface area contributed by atoms with Gasteiger partial charge >= 0.3 is 0 Å². The van der Waals surface area contributed by atoms with Crippen molar-refractivity contribution in [2.24, 2.45) is 0 Å². The third kappa shape index (κ3) is 1.59. The fourth-order valence-electron chi connectivity index (χ4n) is 1.13. The van der Waals surface area contributed by atoms with Gasteiger partial charge in [-0.3, -0.25) is 0 Å². The first-order chi connectivity index (χ1) is 5.61. The molecular formula is C8H12O3S. The molecule has 2 rings (SSSR count). The van der Waals surface area contributed by atoms with Crippen molar-refractivity contribution in [3.63, 3.8) is 0 Å². The van der Waals surface area contributed by atoms with E-state index in [1.807, 2.05) is 0 Å². The SMILES string of the molecule is CCO.O=S1(=O)C=CC2=C1CC2. The van der Waals surface area contributed by atoms with Crippen molar-refractivity contribution in [2.45, 2.75) is 19.8 Å². The van der Waals surface area contributed by atoms with E-state index in [4.69, 9.17) is 5.11 Å². The molecular weight excluding hydrogens is 176 g/mol. The van der Waals surface area contributed by atoms with Crippen LogP contribution in [0.15, 0.2) is 22.0 Å². The molecule has 0 unspecified atom stereocenters. The molecule has 0 aromatic rings. The van der Waals surface area contributed by atoms with E-state index in [2.05, 4.69) is 0 Å². The predicted octanol–water partition coefficient (Wildman–Crippen LogP) is 0.975. The van der Waals surface area contributed by atoms with Gasteiger partial charge in [-0.1, -0.05) is 0 Å². The maximum Gasteiger partial charge on any atom is 0.196 e. The Bertz CT molecular complexity index is 322. The molecule has 1 heterocycles. The third-order valence-electron chi connectivity index (χ3n) is 1.77. The van der Waals surface area contributed by atoms with Gasteiger partial charge in [0.2, 0.25) is 0 Å². The van der Waals surface area contributed by atoms with Gasteiger partial charge in [0.1, 0.15) is 0 Å². The van der Waals surface area contributed by atoms with E-state index in [1.165, 1.54) is 5.41 Å². The van der Waals surface area contributed by atoms with Crippen LogP contribution in [-0.4, -0.2) is 20.1 Å². The van der Waals surface area contributed by atoms with Crippen molar-refractivity contribution in [1.82, 2.24) is 0 Å². The van der Waals surface area contributed by atoms with Crippen LogP contribution in [0.4, 0.5) is 0 Å². The zero-order chi connectivity index (χ0) is 9.19. The number of aliphatic hydroxyl groups excluding tert-OH is 1. The largest absolute Gasteiger partial charge is 0.397 e. The standard InChI is InChI=1S/C6H6O2S.C2H6O/c7-9(8)4-3-5-1-2-6(5)9;1-2-3/h3-4H,1-2H2;3H,2H2,1H3. The molecule has 3 nitrogen and oxygen atoms in total. The number of allylic oxidation sites excluding steroid dienone is 3. The Hall–Kier alpha value is -0.610. The lowest BCUT2D eigenvalue weighted by Crippen LogP contribution is -2.05. The fraction of sp³-hybridized carbons (Fsp3) is 0.500. The monoisotopic (exact) mass is 188 g/mol. The molecule has 1 aliphatic heterocycles. The summed E-state index contributed by atoms with van der Waals surface area (Å²) in [4.78, 5) is 0.655. The number of sulfone groups is 1. The van der Waals surface area contributed by atoms with Crippen molar-refractivity contribution in [2.75, 3.05) is 6.61 Å². The highest BCUT2D eigenvalue weighted by atomic mass is 32.2. The summed E-state index contributed by atoms with van der Waals surface area (Å²) in [5, 5.41) is 8.87. The van der Waals surface area contributed by atoms with E-state index < -0.39 is 9.84 Å². The van der Waals surface area contributed by atoms with Crippen LogP contribution in [0.2, 0.25) is 0 Å². The van der Waals surface area contributed by atoms with Gasteiger partial charge in [-0.15, -0.1) is 0 Å². The summed E-state index contributed by atoms with van der Waals surface area (Å²) < 4.78 is 21.8. The highest BCUT2D eigenvalue weighted by Crippen LogP contribution is 2.38. The second kappa shape index (κ2) is 3.41. The van der Waals surface area contributed by atoms with Crippen molar-refractivity contribution in [1.29, 1.82) is 0 Å². The number of rotatable bonds is 0.